The third-order valence-corrected chi connectivity index (χ3v) is 1.55. The van der Waals surface area contributed by atoms with E-state index in [-0.39, 0.29) is 0 Å². The summed E-state index contributed by atoms with van der Waals surface area (Å²) in [5.74, 6) is 0.366. The van der Waals surface area contributed by atoms with Crippen molar-refractivity contribution in [3.8, 4) is 5.75 Å². The summed E-state index contributed by atoms with van der Waals surface area (Å²) in [6.45, 7) is 3.87. The van der Waals surface area contributed by atoms with Crippen molar-refractivity contribution in [1.82, 2.24) is 0 Å². The van der Waals surface area contributed by atoms with E-state index in [0.29, 0.717) is 5.75 Å². The van der Waals surface area contributed by atoms with Gasteiger partial charge in [0.05, 0.1) is 0 Å². The first-order valence-electron chi connectivity index (χ1n) is 3.33. The number of phenols is 1. The normalized spacial score (nSPS) is 9.40. The Kier molecular flexibility index (Phi) is 2.00. The number of benzene rings is 1. The van der Waals surface area contributed by atoms with Crippen molar-refractivity contribution in [2.24, 2.45) is 0 Å². The molecule has 1 radical (unpaired) electrons. The van der Waals surface area contributed by atoms with Gasteiger partial charge >= 0.3 is 0 Å². The van der Waals surface area contributed by atoms with Crippen LogP contribution in [0.2, 0.25) is 6.82 Å². The van der Waals surface area contributed by atoms with E-state index in [9.17, 15) is 0 Å². The van der Waals surface area contributed by atoms with Gasteiger partial charge in [-0.25, -0.2) is 0 Å². The Morgan fingerprint density at radius 2 is 2.10 bits per heavy atom. The van der Waals surface area contributed by atoms with E-state index in [1.807, 2.05) is 33.2 Å². The maximum atomic E-state index is 9.13. The molecule has 0 unspecified atom stereocenters. The molecule has 0 heterocycles. The molecule has 0 atom stereocenters. The zero-order valence-corrected chi connectivity index (χ0v) is 6.26. The van der Waals surface area contributed by atoms with Crippen LogP contribution in [0.25, 0.3) is 0 Å². The average molecular weight is 133 g/mol. The summed E-state index contributed by atoms with van der Waals surface area (Å²) in [6.07, 6.45) is 0. The zero-order chi connectivity index (χ0) is 7.56. The Labute approximate surface area is 61.9 Å². The highest BCUT2D eigenvalue weighted by Gasteiger charge is 1.95. The van der Waals surface area contributed by atoms with Crippen LogP contribution in [0, 0.1) is 6.92 Å². The molecule has 51 valence electrons. The van der Waals surface area contributed by atoms with E-state index in [2.05, 4.69) is 0 Å². The smallest absolute Gasteiger partial charge is 0.148 e. The molecule has 0 bridgehead atoms. The third kappa shape index (κ3) is 1.32. The van der Waals surface area contributed by atoms with Gasteiger partial charge in [0.2, 0.25) is 0 Å². The van der Waals surface area contributed by atoms with Crippen LogP contribution in [0.4, 0.5) is 0 Å². The molecule has 0 amide bonds. The maximum absolute atomic E-state index is 9.13. The van der Waals surface area contributed by atoms with E-state index in [1.165, 1.54) is 0 Å². The minimum absolute atomic E-state index is 0.366. The van der Waals surface area contributed by atoms with Crippen LogP contribution in [-0.4, -0.2) is 12.4 Å². The third-order valence-electron chi connectivity index (χ3n) is 1.55. The summed E-state index contributed by atoms with van der Waals surface area (Å²) in [4.78, 5) is 0. The molecule has 0 aliphatic heterocycles. The molecule has 0 fully saturated rings. The molecule has 0 aromatic heterocycles. The van der Waals surface area contributed by atoms with Crippen molar-refractivity contribution in [1.29, 1.82) is 0 Å². The molecular weight excluding hydrogens is 123 g/mol. The van der Waals surface area contributed by atoms with Gasteiger partial charge in [-0.15, -0.1) is 0 Å². The van der Waals surface area contributed by atoms with Crippen LogP contribution in [0.5, 0.6) is 5.75 Å². The topological polar surface area (TPSA) is 20.2 Å². The van der Waals surface area contributed by atoms with Crippen molar-refractivity contribution in [3.05, 3.63) is 23.8 Å². The highest BCUT2D eigenvalue weighted by molar-refractivity contribution is 6.51. The van der Waals surface area contributed by atoms with Crippen LogP contribution in [0.3, 0.4) is 0 Å². The summed E-state index contributed by atoms with van der Waals surface area (Å²) in [6, 6.07) is 5.56. The van der Waals surface area contributed by atoms with Crippen molar-refractivity contribution < 1.29 is 5.11 Å². The molecule has 0 spiro atoms. The van der Waals surface area contributed by atoms with Crippen LogP contribution < -0.4 is 5.46 Å². The van der Waals surface area contributed by atoms with Crippen molar-refractivity contribution in [3.63, 3.8) is 0 Å². The molecule has 1 N–H and O–H groups in total. The first-order valence-corrected chi connectivity index (χ1v) is 3.33. The number of aromatic hydroxyl groups is 1. The lowest BCUT2D eigenvalue weighted by molar-refractivity contribution is 0.471. The molecule has 1 aromatic carbocycles. The number of hydrogen-bond donors (Lipinski definition) is 1. The van der Waals surface area contributed by atoms with Gasteiger partial charge in [0.25, 0.3) is 0 Å². The van der Waals surface area contributed by atoms with Gasteiger partial charge in [-0.1, -0.05) is 24.4 Å². The number of hydrogen-bond acceptors (Lipinski definition) is 1. The summed E-state index contributed by atoms with van der Waals surface area (Å²) < 4.78 is 0. The molecule has 0 aliphatic carbocycles. The lowest BCUT2D eigenvalue weighted by Crippen LogP contribution is -2.09. The fraction of sp³-hybridized carbons (Fsp3) is 0.250. The van der Waals surface area contributed by atoms with Crippen LogP contribution in [-0.2, 0) is 0 Å². The van der Waals surface area contributed by atoms with Gasteiger partial charge in [-0.3, -0.25) is 0 Å². The molecule has 0 saturated heterocycles. The van der Waals surface area contributed by atoms with E-state index in [1.54, 1.807) is 6.07 Å². The van der Waals surface area contributed by atoms with Crippen LogP contribution >= 0.6 is 0 Å². The van der Waals surface area contributed by atoms with Crippen molar-refractivity contribution in [2.75, 3.05) is 0 Å². The Hall–Kier alpha value is -0.915. The average Bonchev–Trinajstić information content (AvgIpc) is 1.95. The lowest BCUT2D eigenvalue weighted by Gasteiger charge is -1.99. The second-order valence-corrected chi connectivity index (χ2v) is 2.33. The summed E-state index contributed by atoms with van der Waals surface area (Å²) in [7, 11) is 2.01. The Morgan fingerprint density at radius 3 is 2.60 bits per heavy atom. The second-order valence-electron chi connectivity index (χ2n) is 2.33. The van der Waals surface area contributed by atoms with E-state index in [0.717, 1.165) is 11.0 Å². The first-order chi connectivity index (χ1) is 4.74. The quantitative estimate of drug-likeness (QED) is 0.568. The predicted molar refractivity (Wildman–Crippen MR) is 44.1 cm³/mol. The molecule has 1 rings (SSSR count). The SMILES string of the molecule is C[B]c1ccc(O)c(C)c1. The maximum Gasteiger partial charge on any atom is 0.148 e. The summed E-state index contributed by atoms with van der Waals surface area (Å²) in [5, 5.41) is 9.13. The fourth-order valence-corrected chi connectivity index (χ4v) is 0.858. The molecule has 10 heavy (non-hydrogen) atoms. The van der Waals surface area contributed by atoms with Gasteiger partial charge < -0.3 is 5.11 Å². The molecule has 0 aliphatic rings. The number of rotatable bonds is 1. The summed E-state index contributed by atoms with van der Waals surface area (Å²) >= 11 is 0. The molecule has 2 heteroatoms. The van der Waals surface area contributed by atoms with Crippen molar-refractivity contribution in [2.45, 2.75) is 13.7 Å². The highest BCUT2D eigenvalue weighted by atomic mass is 16.3. The lowest BCUT2D eigenvalue weighted by atomic mass is 9.73. The Morgan fingerprint density at radius 1 is 1.40 bits per heavy atom. The number of aryl methyl sites for hydroxylation is 1. The first kappa shape index (κ1) is 7.20. The van der Waals surface area contributed by atoms with E-state index in [4.69, 9.17) is 5.11 Å². The van der Waals surface area contributed by atoms with Gasteiger partial charge in [0.1, 0.15) is 13.0 Å². The highest BCUT2D eigenvalue weighted by Crippen LogP contribution is 2.11. The fourth-order valence-electron chi connectivity index (χ4n) is 0.858. The Balaban J connectivity index is 3.04. The minimum Gasteiger partial charge on any atom is -0.508 e. The van der Waals surface area contributed by atoms with E-state index >= 15 is 0 Å². The van der Waals surface area contributed by atoms with Crippen LogP contribution in [0.15, 0.2) is 18.2 Å². The van der Waals surface area contributed by atoms with Gasteiger partial charge in [-0.05, 0) is 18.6 Å². The van der Waals surface area contributed by atoms with Gasteiger partial charge in [0, 0.05) is 0 Å². The zero-order valence-electron chi connectivity index (χ0n) is 6.26. The standard InChI is InChI=1S/C8H10BO/c1-6-5-7(9-2)3-4-8(6)10/h3-5,10H,1-2H3. The minimum atomic E-state index is 0.366. The Bertz CT molecular complexity index is 233. The van der Waals surface area contributed by atoms with Crippen molar-refractivity contribution >= 4 is 12.7 Å². The van der Waals surface area contributed by atoms with Gasteiger partial charge in [-0.2, -0.15) is 0 Å². The molecular formula is C8H10BO. The van der Waals surface area contributed by atoms with Gasteiger partial charge in [0.15, 0.2) is 0 Å². The second kappa shape index (κ2) is 2.78. The van der Waals surface area contributed by atoms with Crippen LogP contribution in [0.1, 0.15) is 5.56 Å². The predicted octanol–water partition coefficient (Wildman–Crippen LogP) is 1.08. The van der Waals surface area contributed by atoms with E-state index < -0.39 is 0 Å². The molecule has 1 nitrogen and oxygen atoms in total. The largest absolute Gasteiger partial charge is 0.508 e. The summed E-state index contributed by atoms with van der Waals surface area (Å²) in [5.41, 5.74) is 2.07. The molecule has 1 aromatic rings. The monoisotopic (exact) mass is 133 g/mol. The molecule has 0 saturated carbocycles. The number of phenolic OH excluding ortho intramolecular Hbond substituents is 1.